The van der Waals surface area contributed by atoms with Crippen LogP contribution in [0.25, 0.3) is 0 Å². The van der Waals surface area contributed by atoms with Gasteiger partial charge in [-0.15, -0.1) is 11.3 Å². The van der Waals surface area contributed by atoms with Gasteiger partial charge >= 0.3 is 5.97 Å². The Bertz CT molecular complexity index is 370. The molecule has 0 saturated heterocycles. The van der Waals surface area contributed by atoms with Crippen molar-refractivity contribution in [2.45, 2.75) is 13.0 Å². The summed E-state index contributed by atoms with van der Waals surface area (Å²) in [5.74, 6) is 5.17. The Kier molecular flexibility index (Phi) is 4.17. The first-order valence-corrected chi connectivity index (χ1v) is 4.88. The lowest BCUT2D eigenvalue weighted by molar-refractivity contribution is -0.139. The van der Waals surface area contributed by atoms with Gasteiger partial charge in [-0.05, 0) is 6.07 Å². The van der Waals surface area contributed by atoms with Crippen molar-refractivity contribution < 1.29 is 14.6 Å². The van der Waals surface area contributed by atoms with Crippen LogP contribution in [-0.4, -0.2) is 18.2 Å². The molecule has 0 aliphatic heterocycles. The molecule has 0 fully saturated rings. The van der Waals surface area contributed by atoms with E-state index in [0.29, 0.717) is 0 Å². The van der Waals surface area contributed by atoms with Crippen molar-refractivity contribution in [3.05, 3.63) is 21.9 Å². The van der Waals surface area contributed by atoms with Crippen molar-refractivity contribution in [3.8, 4) is 11.8 Å². The van der Waals surface area contributed by atoms with Crippen molar-refractivity contribution in [2.75, 3.05) is 7.11 Å². The van der Waals surface area contributed by atoms with Gasteiger partial charge in [0.1, 0.15) is 6.42 Å². The van der Waals surface area contributed by atoms with Gasteiger partial charge in [0.15, 0.2) is 0 Å². The van der Waals surface area contributed by atoms with Gasteiger partial charge in [-0.25, -0.2) is 0 Å². The first-order chi connectivity index (χ1) is 6.76. The van der Waals surface area contributed by atoms with Crippen molar-refractivity contribution >= 4 is 17.3 Å². The smallest absolute Gasteiger partial charge is 0.317 e. The minimum atomic E-state index is -0.338. The van der Waals surface area contributed by atoms with Crippen LogP contribution in [0.15, 0.2) is 11.4 Å². The number of esters is 1. The molecule has 1 heterocycles. The normalized spacial score (nSPS) is 9.00. The maximum absolute atomic E-state index is 10.7. The van der Waals surface area contributed by atoms with Crippen molar-refractivity contribution in [1.82, 2.24) is 0 Å². The van der Waals surface area contributed by atoms with E-state index in [1.807, 2.05) is 5.38 Å². The summed E-state index contributed by atoms with van der Waals surface area (Å²) in [7, 11) is 1.33. The summed E-state index contributed by atoms with van der Waals surface area (Å²) in [4.78, 5) is 11.6. The summed E-state index contributed by atoms with van der Waals surface area (Å²) in [6.45, 7) is 0.0311. The number of carbonyl (C=O) groups excluding carboxylic acids is 1. The lowest BCUT2D eigenvalue weighted by atomic mass is 10.3. The molecule has 0 spiro atoms. The van der Waals surface area contributed by atoms with Gasteiger partial charge in [0.05, 0.1) is 13.7 Å². The van der Waals surface area contributed by atoms with Gasteiger partial charge in [0.2, 0.25) is 0 Å². The second-order valence-electron chi connectivity index (χ2n) is 2.51. The van der Waals surface area contributed by atoms with E-state index < -0.39 is 0 Å². The molecule has 0 saturated carbocycles. The molecule has 0 radical (unpaired) electrons. The molecule has 3 nitrogen and oxygen atoms in total. The van der Waals surface area contributed by atoms with Gasteiger partial charge in [-0.2, -0.15) is 0 Å². The van der Waals surface area contributed by atoms with Gasteiger partial charge in [0, 0.05) is 15.8 Å². The molecule has 4 heteroatoms. The standard InChI is InChI=1S/C10H10O3S/c1-13-10(12)4-2-3-8-5-9(6-11)14-7-8/h5,7,11H,4,6H2,1H3. The molecule has 1 rings (SSSR count). The molecule has 74 valence electrons. The summed E-state index contributed by atoms with van der Waals surface area (Å²) >= 11 is 1.45. The summed E-state index contributed by atoms with van der Waals surface area (Å²) in [6.07, 6.45) is 0.0980. The zero-order chi connectivity index (χ0) is 10.4. The van der Waals surface area contributed by atoms with E-state index in [9.17, 15) is 4.79 Å². The van der Waals surface area contributed by atoms with Crippen LogP contribution in [0.4, 0.5) is 0 Å². The minimum Gasteiger partial charge on any atom is -0.468 e. The van der Waals surface area contributed by atoms with Gasteiger partial charge in [-0.1, -0.05) is 11.8 Å². The number of thiophene rings is 1. The Morgan fingerprint density at radius 2 is 2.50 bits per heavy atom. The molecule has 0 atom stereocenters. The predicted molar refractivity (Wildman–Crippen MR) is 53.8 cm³/mol. The molecule has 0 unspecified atom stereocenters. The third kappa shape index (κ3) is 3.21. The number of hydrogen-bond donors (Lipinski definition) is 1. The van der Waals surface area contributed by atoms with Crippen LogP contribution in [-0.2, 0) is 16.1 Å². The third-order valence-corrected chi connectivity index (χ3v) is 2.42. The highest BCUT2D eigenvalue weighted by atomic mass is 32.1. The lowest BCUT2D eigenvalue weighted by Gasteiger charge is -1.88. The van der Waals surface area contributed by atoms with Crippen LogP contribution < -0.4 is 0 Å². The zero-order valence-corrected chi connectivity index (χ0v) is 8.56. The molecule has 14 heavy (non-hydrogen) atoms. The van der Waals surface area contributed by atoms with Crippen LogP contribution in [0, 0.1) is 11.8 Å². The molecule has 0 aliphatic rings. The fourth-order valence-corrected chi connectivity index (χ4v) is 1.49. The number of aliphatic hydroxyl groups is 1. The van der Waals surface area contributed by atoms with E-state index >= 15 is 0 Å². The molecule has 0 bridgehead atoms. The second-order valence-corrected chi connectivity index (χ2v) is 3.51. The Morgan fingerprint density at radius 1 is 1.71 bits per heavy atom. The van der Waals surface area contributed by atoms with Crippen LogP contribution in [0.2, 0.25) is 0 Å². The topological polar surface area (TPSA) is 46.5 Å². The summed E-state index contributed by atoms with van der Waals surface area (Å²) < 4.78 is 4.44. The van der Waals surface area contributed by atoms with E-state index in [2.05, 4.69) is 16.6 Å². The van der Waals surface area contributed by atoms with E-state index in [0.717, 1.165) is 10.4 Å². The van der Waals surface area contributed by atoms with E-state index in [1.165, 1.54) is 18.4 Å². The quantitative estimate of drug-likeness (QED) is 0.588. The first kappa shape index (κ1) is 10.8. The fourth-order valence-electron chi connectivity index (χ4n) is 0.820. The van der Waals surface area contributed by atoms with Gasteiger partial charge in [0.25, 0.3) is 0 Å². The lowest BCUT2D eigenvalue weighted by Crippen LogP contribution is -1.96. The number of ether oxygens (including phenoxy) is 1. The molecular formula is C10H10O3S. The summed E-state index contributed by atoms with van der Waals surface area (Å²) in [6, 6.07) is 1.80. The summed E-state index contributed by atoms with van der Waals surface area (Å²) in [5.41, 5.74) is 0.822. The van der Waals surface area contributed by atoms with Crippen LogP contribution in [0.5, 0.6) is 0 Å². The first-order valence-electron chi connectivity index (χ1n) is 4.00. The number of carbonyl (C=O) groups is 1. The summed E-state index contributed by atoms with van der Waals surface area (Å²) in [5, 5.41) is 10.6. The van der Waals surface area contributed by atoms with E-state index in [4.69, 9.17) is 5.11 Å². The van der Waals surface area contributed by atoms with Crippen molar-refractivity contribution in [2.24, 2.45) is 0 Å². The largest absolute Gasteiger partial charge is 0.468 e. The average Bonchev–Trinajstić information content (AvgIpc) is 2.65. The minimum absolute atomic E-state index is 0.0311. The zero-order valence-electron chi connectivity index (χ0n) is 7.74. The van der Waals surface area contributed by atoms with Crippen molar-refractivity contribution in [1.29, 1.82) is 0 Å². The molecule has 1 aromatic heterocycles. The number of aliphatic hydroxyl groups excluding tert-OH is 1. The number of rotatable bonds is 2. The van der Waals surface area contributed by atoms with E-state index in [-0.39, 0.29) is 19.0 Å². The van der Waals surface area contributed by atoms with E-state index in [1.54, 1.807) is 6.07 Å². The Labute approximate surface area is 86.3 Å². The fraction of sp³-hybridized carbons (Fsp3) is 0.300. The number of methoxy groups -OCH3 is 1. The average molecular weight is 210 g/mol. The molecule has 1 aromatic rings. The van der Waals surface area contributed by atoms with Crippen LogP contribution in [0.1, 0.15) is 16.9 Å². The highest BCUT2D eigenvalue weighted by Crippen LogP contribution is 2.13. The highest BCUT2D eigenvalue weighted by molar-refractivity contribution is 7.10. The maximum atomic E-state index is 10.7. The second kappa shape index (κ2) is 5.43. The monoisotopic (exact) mass is 210 g/mol. The molecule has 0 amide bonds. The van der Waals surface area contributed by atoms with Crippen LogP contribution >= 0.6 is 11.3 Å². The maximum Gasteiger partial charge on any atom is 0.317 e. The molecule has 0 aromatic carbocycles. The van der Waals surface area contributed by atoms with Crippen molar-refractivity contribution in [3.63, 3.8) is 0 Å². The van der Waals surface area contributed by atoms with Gasteiger partial charge in [-0.3, -0.25) is 4.79 Å². The molecule has 0 aliphatic carbocycles. The Hall–Kier alpha value is -1.31. The number of hydrogen-bond acceptors (Lipinski definition) is 4. The predicted octanol–water partition coefficient (Wildman–Crippen LogP) is 1.16. The third-order valence-electron chi connectivity index (χ3n) is 1.50. The SMILES string of the molecule is COC(=O)CC#Cc1csc(CO)c1. The van der Waals surface area contributed by atoms with Crippen LogP contribution in [0.3, 0.4) is 0 Å². The molecular weight excluding hydrogens is 200 g/mol. The highest BCUT2D eigenvalue weighted by Gasteiger charge is 1.96. The Balaban J connectivity index is 2.54. The Morgan fingerprint density at radius 3 is 3.07 bits per heavy atom. The molecule has 1 N–H and O–H groups in total. The van der Waals surface area contributed by atoms with Gasteiger partial charge < -0.3 is 9.84 Å².